The van der Waals surface area contributed by atoms with E-state index in [2.05, 4.69) is 21.2 Å². The van der Waals surface area contributed by atoms with E-state index in [1.54, 1.807) is 19.2 Å². The molecule has 31 heavy (non-hydrogen) atoms. The van der Waals surface area contributed by atoms with Gasteiger partial charge in [0.05, 0.1) is 27.7 Å². The molecule has 0 aromatic heterocycles. The van der Waals surface area contributed by atoms with Crippen LogP contribution in [0.25, 0.3) is 0 Å². The Morgan fingerprint density at radius 1 is 1.00 bits per heavy atom. The summed E-state index contributed by atoms with van der Waals surface area (Å²) in [6.45, 7) is 2.84. The number of ether oxygens (including phenoxy) is 2. The van der Waals surface area contributed by atoms with Crippen LogP contribution in [0.1, 0.15) is 29.7 Å². The summed E-state index contributed by atoms with van der Waals surface area (Å²) in [5.41, 5.74) is 2.78. The second-order valence-electron chi connectivity index (χ2n) is 7.17. The summed E-state index contributed by atoms with van der Waals surface area (Å²) in [6, 6.07) is 18.8. The topological polar surface area (TPSA) is 50.7 Å². The summed E-state index contributed by atoms with van der Waals surface area (Å²) in [5, 5.41) is 14.9. The van der Waals surface area contributed by atoms with Crippen LogP contribution in [0.2, 0.25) is 10.0 Å². The fraction of sp³-hybridized carbons (Fsp3) is 0.250. The third-order valence-corrected chi connectivity index (χ3v) is 6.23. The maximum atomic E-state index is 10.5. The van der Waals surface area contributed by atoms with Crippen LogP contribution in [-0.4, -0.2) is 18.3 Å². The molecular formula is C24H24BrCl2NO3. The van der Waals surface area contributed by atoms with Gasteiger partial charge in [0.25, 0.3) is 0 Å². The predicted octanol–water partition coefficient (Wildman–Crippen LogP) is 6.56. The van der Waals surface area contributed by atoms with Crippen molar-refractivity contribution in [2.24, 2.45) is 0 Å². The van der Waals surface area contributed by atoms with Crippen molar-refractivity contribution < 1.29 is 14.6 Å². The van der Waals surface area contributed by atoms with Gasteiger partial charge < -0.3 is 19.9 Å². The van der Waals surface area contributed by atoms with E-state index in [0.717, 1.165) is 21.2 Å². The van der Waals surface area contributed by atoms with E-state index in [0.29, 0.717) is 34.7 Å². The van der Waals surface area contributed by atoms with E-state index in [4.69, 9.17) is 32.7 Å². The number of hydrogen-bond donors (Lipinski definition) is 2. The van der Waals surface area contributed by atoms with Crippen molar-refractivity contribution in [3.63, 3.8) is 0 Å². The molecule has 0 saturated carbocycles. The number of methoxy groups -OCH3 is 1. The van der Waals surface area contributed by atoms with Gasteiger partial charge in [-0.15, -0.1) is 0 Å². The van der Waals surface area contributed by atoms with Gasteiger partial charge >= 0.3 is 0 Å². The van der Waals surface area contributed by atoms with Crippen molar-refractivity contribution in [1.82, 2.24) is 5.32 Å². The molecule has 3 rings (SSSR count). The third kappa shape index (κ3) is 6.37. The van der Waals surface area contributed by atoms with Crippen LogP contribution in [0.3, 0.4) is 0 Å². The largest absolute Gasteiger partial charge is 0.493 e. The standard InChI is InChI=1S/C24H24BrCl2NO3/c1-15(23(29)18-6-4-3-5-7-18)28-13-17-10-19(25)24(22(12-17)30-2)31-14-16-8-9-20(26)21(27)11-16/h3-12,15,23,28-29H,13-14H2,1-2H3. The fourth-order valence-electron chi connectivity index (χ4n) is 3.13. The van der Waals surface area contributed by atoms with Crippen molar-refractivity contribution in [2.75, 3.05) is 7.11 Å². The first-order valence-corrected chi connectivity index (χ1v) is 11.3. The lowest BCUT2D eigenvalue weighted by Crippen LogP contribution is -2.31. The molecule has 7 heteroatoms. The number of nitrogens with one attached hydrogen (secondary N) is 1. The lowest BCUT2D eigenvalue weighted by Gasteiger charge is -2.21. The molecule has 0 heterocycles. The minimum Gasteiger partial charge on any atom is -0.493 e. The fourth-order valence-corrected chi connectivity index (χ4v) is 4.05. The van der Waals surface area contributed by atoms with Crippen LogP contribution < -0.4 is 14.8 Å². The molecule has 0 aliphatic heterocycles. The van der Waals surface area contributed by atoms with Gasteiger partial charge in [0.15, 0.2) is 11.5 Å². The van der Waals surface area contributed by atoms with Crippen LogP contribution >= 0.6 is 39.1 Å². The van der Waals surface area contributed by atoms with Crippen LogP contribution in [-0.2, 0) is 13.2 Å². The molecule has 2 unspecified atom stereocenters. The second kappa shape index (κ2) is 11.2. The van der Waals surface area contributed by atoms with E-state index in [9.17, 15) is 5.11 Å². The number of halogens is 3. The van der Waals surface area contributed by atoms with Crippen molar-refractivity contribution in [3.05, 3.63) is 91.9 Å². The van der Waals surface area contributed by atoms with E-state index in [-0.39, 0.29) is 6.04 Å². The van der Waals surface area contributed by atoms with Crippen LogP contribution in [0.15, 0.2) is 65.1 Å². The van der Waals surface area contributed by atoms with Gasteiger partial charge in [-0.05, 0) is 63.8 Å². The van der Waals surface area contributed by atoms with Gasteiger partial charge in [-0.2, -0.15) is 0 Å². The molecule has 4 nitrogen and oxygen atoms in total. The second-order valence-corrected chi connectivity index (χ2v) is 8.84. The summed E-state index contributed by atoms with van der Waals surface area (Å²) in [5.74, 6) is 1.22. The quantitative estimate of drug-likeness (QED) is 0.333. The Hall–Kier alpha value is -1.76. The van der Waals surface area contributed by atoms with E-state index in [1.807, 2.05) is 55.5 Å². The van der Waals surface area contributed by atoms with Crippen molar-refractivity contribution in [2.45, 2.75) is 32.2 Å². The Balaban J connectivity index is 1.66. The Morgan fingerprint density at radius 2 is 1.74 bits per heavy atom. The van der Waals surface area contributed by atoms with Gasteiger partial charge in [-0.25, -0.2) is 0 Å². The molecule has 0 saturated heterocycles. The molecule has 3 aromatic carbocycles. The third-order valence-electron chi connectivity index (χ3n) is 4.90. The van der Waals surface area contributed by atoms with Crippen LogP contribution in [0.5, 0.6) is 11.5 Å². The van der Waals surface area contributed by atoms with E-state index in [1.165, 1.54) is 0 Å². The Bertz CT molecular complexity index is 1020. The average Bonchev–Trinajstić information content (AvgIpc) is 2.78. The minimum atomic E-state index is -0.597. The summed E-state index contributed by atoms with van der Waals surface area (Å²) < 4.78 is 12.3. The average molecular weight is 525 g/mol. The summed E-state index contributed by atoms with van der Waals surface area (Å²) in [6.07, 6.45) is -0.597. The highest BCUT2D eigenvalue weighted by Crippen LogP contribution is 2.37. The molecule has 0 spiro atoms. The van der Waals surface area contributed by atoms with Gasteiger partial charge in [0.2, 0.25) is 0 Å². The van der Waals surface area contributed by atoms with Crippen LogP contribution in [0, 0.1) is 0 Å². The Morgan fingerprint density at radius 3 is 2.42 bits per heavy atom. The zero-order valence-corrected chi connectivity index (χ0v) is 20.3. The summed E-state index contributed by atoms with van der Waals surface area (Å²) >= 11 is 15.6. The Kier molecular flexibility index (Phi) is 8.64. The molecule has 2 N–H and O–H groups in total. The zero-order valence-electron chi connectivity index (χ0n) is 17.2. The molecule has 0 amide bonds. The molecule has 2 atom stereocenters. The monoisotopic (exact) mass is 523 g/mol. The van der Waals surface area contributed by atoms with Crippen molar-refractivity contribution in [3.8, 4) is 11.5 Å². The van der Waals surface area contributed by atoms with Gasteiger partial charge in [-0.3, -0.25) is 0 Å². The zero-order chi connectivity index (χ0) is 22.4. The summed E-state index contributed by atoms with van der Waals surface area (Å²) in [4.78, 5) is 0. The first-order valence-electron chi connectivity index (χ1n) is 9.78. The molecule has 164 valence electrons. The highest BCUT2D eigenvalue weighted by atomic mass is 79.9. The molecular weight excluding hydrogens is 501 g/mol. The lowest BCUT2D eigenvalue weighted by molar-refractivity contribution is 0.135. The minimum absolute atomic E-state index is 0.127. The van der Waals surface area contributed by atoms with Crippen molar-refractivity contribution in [1.29, 1.82) is 0 Å². The number of aliphatic hydroxyl groups is 1. The predicted molar refractivity (Wildman–Crippen MR) is 129 cm³/mol. The van der Waals surface area contributed by atoms with Gasteiger partial charge in [0, 0.05) is 12.6 Å². The Labute approximate surface area is 201 Å². The maximum Gasteiger partial charge on any atom is 0.175 e. The highest BCUT2D eigenvalue weighted by molar-refractivity contribution is 9.10. The number of aliphatic hydroxyl groups excluding tert-OH is 1. The van der Waals surface area contributed by atoms with E-state index >= 15 is 0 Å². The van der Waals surface area contributed by atoms with Crippen LogP contribution in [0.4, 0.5) is 0 Å². The van der Waals surface area contributed by atoms with Gasteiger partial charge in [-0.1, -0.05) is 59.6 Å². The van der Waals surface area contributed by atoms with E-state index < -0.39 is 6.10 Å². The maximum absolute atomic E-state index is 10.5. The summed E-state index contributed by atoms with van der Waals surface area (Å²) in [7, 11) is 1.60. The molecule has 0 fully saturated rings. The smallest absolute Gasteiger partial charge is 0.175 e. The number of benzene rings is 3. The SMILES string of the molecule is COc1cc(CNC(C)C(O)c2ccccc2)cc(Br)c1OCc1ccc(Cl)c(Cl)c1. The lowest BCUT2D eigenvalue weighted by atomic mass is 10.0. The number of hydrogen-bond acceptors (Lipinski definition) is 4. The molecule has 3 aromatic rings. The first-order chi connectivity index (χ1) is 14.9. The van der Waals surface area contributed by atoms with Gasteiger partial charge in [0.1, 0.15) is 6.61 Å². The highest BCUT2D eigenvalue weighted by Gasteiger charge is 2.17. The normalized spacial score (nSPS) is 13.0. The molecule has 0 aliphatic carbocycles. The first kappa shape index (κ1) is 23.9. The van der Waals surface area contributed by atoms with Crippen molar-refractivity contribution >= 4 is 39.1 Å². The molecule has 0 aliphatic rings. The molecule has 0 radical (unpaired) electrons. The number of rotatable bonds is 9. The molecule has 0 bridgehead atoms.